The third kappa shape index (κ3) is 5.09. The highest BCUT2D eigenvalue weighted by Crippen LogP contribution is 2.18. The molecule has 1 atom stereocenters. The minimum absolute atomic E-state index is 0.0252. The predicted octanol–water partition coefficient (Wildman–Crippen LogP) is 0.776. The maximum absolute atomic E-state index is 13.4. The molecule has 1 rings (SSSR count). The van der Waals surface area contributed by atoms with Crippen LogP contribution < -0.4 is 5.32 Å². The summed E-state index contributed by atoms with van der Waals surface area (Å²) in [6.45, 7) is 1.87. The second-order valence-electron chi connectivity index (χ2n) is 5.34. The summed E-state index contributed by atoms with van der Waals surface area (Å²) in [4.78, 5) is 23.2. The Labute approximate surface area is 121 Å². The number of nitrogens with one attached hydrogen (secondary N) is 1. The average molecular weight is 299 g/mol. The Balaban J connectivity index is 2.73. The maximum Gasteiger partial charge on any atom is 0.304 e. The van der Waals surface area contributed by atoms with Gasteiger partial charge >= 0.3 is 5.69 Å². The van der Waals surface area contributed by atoms with Gasteiger partial charge in [0.2, 0.25) is 5.82 Å². The van der Waals surface area contributed by atoms with Crippen LogP contribution in [0.1, 0.15) is 17.3 Å². The molecule has 0 heterocycles. The maximum atomic E-state index is 13.4. The van der Waals surface area contributed by atoms with E-state index >= 15 is 0 Å². The van der Waals surface area contributed by atoms with E-state index in [9.17, 15) is 24.4 Å². The van der Waals surface area contributed by atoms with E-state index in [1.807, 2.05) is 0 Å². The Hall–Kier alpha value is -2.06. The fraction of sp³-hybridized carbons (Fsp3) is 0.462. The number of carbonyl (C=O) groups excluding carboxylic acids is 1. The number of halogens is 1. The van der Waals surface area contributed by atoms with E-state index in [4.69, 9.17) is 0 Å². The van der Waals surface area contributed by atoms with Crippen molar-refractivity contribution in [1.82, 2.24) is 10.2 Å². The monoisotopic (exact) mass is 299 g/mol. The van der Waals surface area contributed by atoms with E-state index in [0.29, 0.717) is 6.54 Å². The van der Waals surface area contributed by atoms with Gasteiger partial charge in [-0.3, -0.25) is 14.9 Å². The molecule has 0 aliphatic heterocycles. The minimum Gasteiger partial charge on any atom is -0.387 e. The number of hydrogen-bond donors (Lipinski definition) is 2. The first-order valence-corrected chi connectivity index (χ1v) is 6.21. The van der Waals surface area contributed by atoms with Crippen molar-refractivity contribution in [2.45, 2.75) is 12.5 Å². The van der Waals surface area contributed by atoms with Crippen LogP contribution in [0.2, 0.25) is 0 Å². The van der Waals surface area contributed by atoms with Gasteiger partial charge < -0.3 is 15.3 Å². The zero-order chi connectivity index (χ0) is 16.2. The van der Waals surface area contributed by atoms with E-state index in [0.717, 1.165) is 18.2 Å². The zero-order valence-electron chi connectivity index (χ0n) is 12.1. The molecule has 2 N–H and O–H groups in total. The summed E-state index contributed by atoms with van der Waals surface area (Å²) in [5.41, 5.74) is -1.87. The predicted molar refractivity (Wildman–Crippen MR) is 74.6 cm³/mol. The molecular formula is C13H18FN3O4. The molecule has 0 saturated heterocycles. The Morgan fingerprint density at radius 2 is 2.14 bits per heavy atom. The number of likely N-dealkylation sites (N-methyl/N-ethyl adjacent to an activating group) is 1. The van der Waals surface area contributed by atoms with Crippen molar-refractivity contribution in [2.75, 3.05) is 27.2 Å². The molecule has 1 aromatic rings. The third-order valence-corrected chi connectivity index (χ3v) is 2.69. The number of hydrogen-bond acceptors (Lipinski definition) is 5. The van der Waals surface area contributed by atoms with Crippen molar-refractivity contribution in [3.05, 3.63) is 39.7 Å². The number of nitro benzene ring substituents is 1. The van der Waals surface area contributed by atoms with Gasteiger partial charge in [0, 0.05) is 24.7 Å². The van der Waals surface area contributed by atoms with Crippen LogP contribution in [0.15, 0.2) is 18.2 Å². The van der Waals surface area contributed by atoms with Crippen LogP contribution in [-0.2, 0) is 0 Å². The van der Waals surface area contributed by atoms with E-state index in [1.165, 1.54) is 0 Å². The number of aliphatic hydroxyl groups is 1. The van der Waals surface area contributed by atoms with Crippen LogP contribution >= 0.6 is 0 Å². The number of benzene rings is 1. The lowest BCUT2D eigenvalue weighted by atomic mass is 10.1. The molecule has 0 aromatic heterocycles. The average Bonchev–Trinajstić information content (AvgIpc) is 2.33. The van der Waals surface area contributed by atoms with Crippen molar-refractivity contribution in [2.24, 2.45) is 0 Å². The molecule has 0 bridgehead atoms. The molecule has 0 aliphatic rings. The second-order valence-corrected chi connectivity index (χ2v) is 5.34. The highest BCUT2D eigenvalue weighted by molar-refractivity contribution is 5.94. The van der Waals surface area contributed by atoms with Crippen LogP contribution in [0.25, 0.3) is 0 Å². The molecule has 1 unspecified atom stereocenters. The normalized spacial score (nSPS) is 13.8. The summed E-state index contributed by atoms with van der Waals surface area (Å²) >= 11 is 0. The molecule has 8 heteroatoms. The van der Waals surface area contributed by atoms with Gasteiger partial charge in [0.1, 0.15) is 0 Å². The minimum atomic E-state index is -1.14. The smallest absolute Gasteiger partial charge is 0.304 e. The summed E-state index contributed by atoms with van der Waals surface area (Å²) in [5, 5.41) is 23.0. The van der Waals surface area contributed by atoms with E-state index < -0.39 is 27.9 Å². The lowest BCUT2D eigenvalue weighted by Crippen LogP contribution is -2.47. The molecule has 21 heavy (non-hydrogen) atoms. The fourth-order valence-electron chi connectivity index (χ4n) is 1.91. The molecule has 0 fully saturated rings. The van der Waals surface area contributed by atoms with Crippen molar-refractivity contribution in [1.29, 1.82) is 0 Å². The van der Waals surface area contributed by atoms with E-state index in [2.05, 4.69) is 5.32 Å². The van der Waals surface area contributed by atoms with Crippen LogP contribution in [-0.4, -0.2) is 53.6 Å². The van der Waals surface area contributed by atoms with Gasteiger partial charge in [0.05, 0.1) is 10.5 Å². The first kappa shape index (κ1) is 17.0. The lowest BCUT2D eigenvalue weighted by Gasteiger charge is -2.27. The number of amides is 1. The number of nitrogens with zero attached hydrogens (tertiary/aromatic N) is 2. The Kier molecular flexibility index (Phi) is 5.34. The lowest BCUT2D eigenvalue weighted by molar-refractivity contribution is -0.387. The van der Waals surface area contributed by atoms with Crippen LogP contribution in [0.3, 0.4) is 0 Å². The van der Waals surface area contributed by atoms with Gasteiger partial charge in [-0.25, -0.2) is 0 Å². The summed E-state index contributed by atoms with van der Waals surface area (Å²) < 4.78 is 13.4. The molecule has 1 amide bonds. The Morgan fingerprint density at radius 3 is 2.62 bits per heavy atom. The summed E-state index contributed by atoms with van der Waals surface area (Å²) in [6.07, 6.45) is 0. The highest BCUT2D eigenvalue weighted by Gasteiger charge is 2.23. The molecule has 116 valence electrons. The standard InChI is InChI=1S/C13H18FN3O4/c1-13(19,8-16(2)3)7-15-12(18)9-4-5-11(17(20)21)10(14)6-9/h4-6,19H,7-8H2,1-3H3,(H,15,18). The van der Waals surface area contributed by atoms with Gasteiger partial charge in [-0.2, -0.15) is 4.39 Å². The summed E-state index contributed by atoms with van der Waals surface area (Å²) in [6, 6.07) is 2.90. The molecule has 0 aliphatic carbocycles. The molecule has 1 aromatic carbocycles. The summed E-state index contributed by atoms with van der Waals surface area (Å²) in [7, 11) is 3.56. The highest BCUT2D eigenvalue weighted by atomic mass is 19.1. The van der Waals surface area contributed by atoms with Gasteiger partial charge in [0.15, 0.2) is 0 Å². The number of nitro groups is 1. The van der Waals surface area contributed by atoms with Gasteiger partial charge in [-0.1, -0.05) is 0 Å². The Morgan fingerprint density at radius 1 is 1.52 bits per heavy atom. The quantitative estimate of drug-likeness (QED) is 0.597. The zero-order valence-corrected chi connectivity index (χ0v) is 12.1. The molecule has 0 saturated carbocycles. The summed E-state index contributed by atoms with van der Waals surface area (Å²) in [5.74, 6) is -1.68. The first-order chi connectivity index (χ1) is 9.62. The largest absolute Gasteiger partial charge is 0.387 e. The van der Waals surface area contributed by atoms with Gasteiger partial charge in [-0.05, 0) is 33.2 Å². The van der Waals surface area contributed by atoms with Crippen molar-refractivity contribution in [3.63, 3.8) is 0 Å². The first-order valence-electron chi connectivity index (χ1n) is 6.21. The van der Waals surface area contributed by atoms with E-state index in [-0.39, 0.29) is 12.1 Å². The van der Waals surface area contributed by atoms with E-state index in [1.54, 1.807) is 25.9 Å². The third-order valence-electron chi connectivity index (χ3n) is 2.69. The fourth-order valence-corrected chi connectivity index (χ4v) is 1.91. The van der Waals surface area contributed by atoms with Crippen LogP contribution in [0.5, 0.6) is 0 Å². The second kappa shape index (κ2) is 6.59. The van der Waals surface area contributed by atoms with Crippen molar-refractivity contribution in [3.8, 4) is 0 Å². The molecule has 0 spiro atoms. The van der Waals surface area contributed by atoms with Gasteiger partial charge in [-0.15, -0.1) is 0 Å². The number of rotatable bonds is 6. The molecular weight excluding hydrogens is 281 g/mol. The number of carbonyl (C=O) groups is 1. The van der Waals surface area contributed by atoms with Crippen molar-refractivity contribution < 1.29 is 19.2 Å². The van der Waals surface area contributed by atoms with Gasteiger partial charge in [0.25, 0.3) is 5.91 Å². The van der Waals surface area contributed by atoms with Crippen molar-refractivity contribution >= 4 is 11.6 Å². The molecule has 7 nitrogen and oxygen atoms in total. The Bertz CT molecular complexity index is 546. The topological polar surface area (TPSA) is 95.7 Å². The van der Waals surface area contributed by atoms with Crippen LogP contribution in [0.4, 0.5) is 10.1 Å². The molecule has 0 radical (unpaired) electrons. The SMILES string of the molecule is CN(C)CC(C)(O)CNC(=O)c1ccc([N+](=O)[O-])c(F)c1. The van der Waals surface area contributed by atoms with Crippen LogP contribution in [0, 0.1) is 15.9 Å².